The lowest BCUT2D eigenvalue weighted by atomic mass is 10.0. The Kier molecular flexibility index (Phi) is 4.84. The first-order chi connectivity index (χ1) is 9.93. The molecule has 0 aliphatic heterocycles. The zero-order valence-electron chi connectivity index (χ0n) is 13.9. The summed E-state index contributed by atoms with van der Waals surface area (Å²) in [6, 6.07) is 4.23. The van der Waals surface area contributed by atoms with E-state index in [9.17, 15) is 5.11 Å². The monoisotopic (exact) mass is 288 g/mol. The average molecular weight is 288 g/mol. The number of rotatable bonds is 5. The number of aromatic amines is 1. The Hall–Kier alpha value is -1.61. The lowest BCUT2D eigenvalue weighted by molar-refractivity contribution is -0.894. The van der Waals surface area contributed by atoms with Crippen LogP contribution in [0.25, 0.3) is 10.9 Å². The number of aromatic nitrogens is 1. The first-order valence-electron chi connectivity index (χ1n) is 7.90. The second-order valence-corrected chi connectivity index (χ2v) is 6.32. The fourth-order valence-corrected chi connectivity index (χ4v) is 3.07. The molecule has 3 N–H and O–H groups in total. The highest BCUT2D eigenvalue weighted by atomic mass is 16.3. The molecule has 0 fully saturated rings. The van der Waals surface area contributed by atoms with E-state index in [4.69, 9.17) is 0 Å². The third kappa shape index (κ3) is 3.35. The molecule has 1 aromatic heterocycles. The fraction of sp³-hybridized carbons (Fsp3) is 0.500. The number of aryl methyl sites for hydroxylation is 3. The number of unbranched alkanes of at least 4 members (excludes halogenated alkanes) is 1. The van der Waals surface area contributed by atoms with Crippen LogP contribution in [0.15, 0.2) is 12.1 Å². The van der Waals surface area contributed by atoms with E-state index in [0.717, 1.165) is 40.8 Å². The topological polar surface area (TPSA) is 38.8 Å². The third-order valence-corrected chi connectivity index (χ3v) is 4.21. The molecule has 1 unspecified atom stereocenters. The van der Waals surface area contributed by atoms with Gasteiger partial charge in [0.1, 0.15) is 17.9 Å². The summed E-state index contributed by atoms with van der Waals surface area (Å²) in [5.74, 6) is 0.453. The van der Waals surface area contributed by atoms with Crippen LogP contribution in [-0.4, -0.2) is 18.7 Å². The number of H-pyrrole nitrogens is 1. The van der Waals surface area contributed by atoms with Gasteiger partial charge >= 0.3 is 0 Å². The van der Waals surface area contributed by atoms with E-state index in [1.165, 1.54) is 23.3 Å². The normalized spacial score (nSPS) is 12.8. The zero-order chi connectivity index (χ0) is 15.6. The van der Waals surface area contributed by atoms with Gasteiger partial charge in [0.05, 0.1) is 19.0 Å². The summed E-state index contributed by atoms with van der Waals surface area (Å²) in [4.78, 5) is 4.91. The quantitative estimate of drug-likeness (QED) is 0.869. The number of hydrogen-bond donors (Lipinski definition) is 2. The molecule has 0 aliphatic carbocycles. The van der Waals surface area contributed by atoms with Crippen molar-refractivity contribution in [3.8, 4) is 5.75 Å². The van der Waals surface area contributed by atoms with Crippen molar-refractivity contribution < 1.29 is 15.0 Å². The van der Waals surface area contributed by atoms with Gasteiger partial charge in [-0.1, -0.05) is 19.4 Å². The summed E-state index contributed by atoms with van der Waals surface area (Å²) >= 11 is 0. The molecule has 0 bridgehead atoms. The molecular weight excluding hydrogens is 260 g/mol. The van der Waals surface area contributed by atoms with Gasteiger partial charge in [-0.3, -0.25) is 0 Å². The molecule has 1 aromatic carbocycles. The summed E-state index contributed by atoms with van der Waals surface area (Å²) in [7, 11) is 2.20. The zero-order valence-corrected chi connectivity index (χ0v) is 13.9. The Labute approximate surface area is 127 Å². The van der Waals surface area contributed by atoms with Gasteiger partial charge in [0, 0.05) is 13.0 Å². The Balaban J connectivity index is 2.45. The highest BCUT2D eigenvalue weighted by molar-refractivity contribution is 5.87. The molecule has 3 heteroatoms. The molecule has 0 radical (unpaired) electrons. The van der Waals surface area contributed by atoms with Crippen molar-refractivity contribution in [2.45, 2.75) is 47.1 Å². The van der Waals surface area contributed by atoms with E-state index in [-0.39, 0.29) is 0 Å². The van der Waals surface area contributed by atoms with Crippen molar-refractivity contribution in [1.82, 2.24) is 0 Å². The van der Waals surface area contributed by atoms with Crippen LogP contribution in [0.3, 0.4) is 0 Å². The number of pyridine rings is 1. The summed E-state index contributed by atoms with van der Waals surface area (Å²) in [6.45, 7) is 10.4. The Bertz CT molecular complexity index is 649. The van der Waals surface area contributed by atoms with Gasteiger partial charge in [-0.15, -0.1) is 0 Å². The number of nitrogens with one attached hydrogen (secondary N) is 2. The molecule has 21 heavy (non-hydrogen) atoms. The van der Waals surface area contributed by atoms with E-state index < -0.39 is 0 Å². The van der Waals surface area contributed by atoms with Gasteiger partial charge < -0.3 is 10.0 Å². The van der Waals surface area contributed by atoms with Crippen LogP contribution in [0.5, 0.6) is 5.75 Å². The number of fused-ring (bicyclic) bond motifs is 1. The predicted octanol–water partition coefficient (Wildman–Crippen LogP) is 2.10. The van der Waals surface area contributed by atoms with Gasteiger partial charge in [-0.25, -0.2) is 4.98 Å². The van der Waals surface area contributed by atoms with Gasteiger partial charge in [0.2, 0.25) is 5.52 Å². The Morgan fingerprint density at radius 2 is 1.90 bits per heavy atom. The minimum atomic E-state index is 0.453. The Morgan fingerprint density at radius 3 is 2.57 bits per heavy atom. The molecule has 0 spiro atoms. The van der Waals surface area contributed by atoms with Gasteiger partial charge in [0.15, 0.2) is 5.69 Å². The molecule has 3 nitrogen and oxygen atoms in total. The molecule has 0 aliphatic rings. The maximum Gasteiger partial charge on any atom is 0.215 e. The maximum atomic E-state index is 10.7. The molecule has 1 heterocycles. The van der Waals surface area contributed by atoms with Crippen molar-refractivity contribution in [2.75, 3.05) is 13.6 Å². The van der Waals surface area contributed by atoms with Crippen LogP contribution >= 0.6 is 0 Å². The van der Waals surface area contributed by atoms with Crippen molar-refractivity contribution in [3.05, 3.63) is 34.5 Å². The largest absolute Gasteiger partial charge is 0.506 e. The van der Waals surface area contributed by atoms with E-state index in [1.807, 2.05) is 0 Å². The highest BCUT2D eigenvalue weighted by Gasteiger charge is 2.21. The smallest absolute Gasteiger partial charge is 0.215 e. The number of hydrogen-bond acceptors (Lipinski definition) is 1. The van der Waals surface area contributed by atoms with Crippen molar-refractivity contribution in [3.63, 3.8) is 0 Å². The predicted molar refractivity (Wildman–Crippen MR) is 86.7 cm³/mol. The molecule has 2 aromatic rings. The summed E-state index contributed by atoms with van der Waals surface area (Å²) in [5.41, 5.74) is 5.49. The van der Waals surface area contributed by atoms with Gasteiger partial charge in [-0.05, 0) is 31.4 Å². The van der Waals surface area contributed by atoms with Crippen molar-refractivity contribution in [2.24, 2.45) is 0 Å². The van der Waals surface area contributed by atoms with E-state index >= 15 is 0 Å². The van der Waals surface area contributed by atoms with Gasteiger partial charge in [0.25, 0.3) is 0 Å². The molecule has 0 amide bonds. The number of quaternary nitrogens is 1. The lowest BCUT2D eigenvalue weighted by Crippen LogP contribution is -3.07. The second-order valence-electron chi connectivity index (χ2n) is 6.32. The second kappa shape index (κ2) is 6.44. The van der Waals surface area contributed by atoms with Crippen molar-refractivity contribution in [1.29, 1.82) is 0 Å². The molecule has 0 saturated carbocycles. The van der Waals surface area contributed by atoms with E-state index in [0.29, 0.717) is 5.75 Å². The first kappa shape index (κ1) is 15.8. The van der Waals surface area contributed by atoms with Crippen LogP contribution in [0.1, 0.15) is 42.1 Å². The molecular formula is C18H28N2O+2. The summed E-state index contributed by atoms with van der Waals surface area (Å²) in [6.07, 6.45) is 2.44. The van der Waals surface area contributed by atoms with Crippen LogP contribution in [0.4, 0.5) is 0 Å². The molecule has 1 atom stereocenters. The van der Waals surface area contributed by atoms with Crippen LogP contribution < -0.4 is 9.88 Å². The summed E-state index contributed by atoms with van der Waals surface area (Å²) < 4.78 is 0. The van der Waals surface area contributed by atoms with Crippen LogP contribution in [0.2, 0.25) is 0 Å². The molecule has 114 valence electrons. The summed E-state index contributed by atoms with van der Waals surface area (Å²) in [5, 5.41) is 11.7. The Morgan fingerprint density at radius 1 is 1.19 bits per heavy atom. The molecule has 0 saturated heterocycles. The minimum absolute atomic E-state index is 0.453. The van der Waals surface area contributed by atoms with E-state index in [1.54, 1.807) is 0 Å². The number of benzene rings is 1. The molecule has 2 rings (SSSR count). The lowest BCUT2D eigenvalue weighted by Gasteiger charge is -2.15. The fourth-order valence-electron chi connectivity index (χ4n) is 3.07. The van der Waals surface area contributed by atoms with Gasteiger partial charge in [-0.2, -0.15) is 0 Å². The average Bonchev–Trinajstić information content (AvgIpc) is 2.40. The van der Waals surface area contributed by atoms with Crippen LogP contribution in [0, 0.1) is 20.8 Å². The third-order valence-electron chi connectivity index (χ3n) is 4.21. The highest BCUT2D eigenvalue weighted by Crippen LogP contribution is 2.30. The van der Waals surface area contributed by atoms with Crippen LogP contribution in [-0.2, 0) is 6.54 Å². The standard InChI is InChI=1S/C18H26N2O/c1-6-7-8-20(5)11-15-14(4)19-16-10-12(2)9-13(3)17(16)18(15)21/h9-10H,6-8,11H2,1-5H3,(H,19,21)/p+2. The first-order valence-corrected chi connectivity index (χ1v) is 7.90. The SMILES string of the molecule is CCCC[NH+](C)Cc1c(C)[nH+]c2cc(C)cc(C)c2c1O. The van der Waals surface area contributed by atoms with E-state index in [2.05, 4.69) is 51.9 Å². The maximum absolute atomic E-state index is 10.7. The van der Waals surface area contributed by atoms with Crippen molar-refractivity contribution >= 4 is 10.9 Å². The minimum Gasteiger partial charge on any atom is -0.506 e. The number of aromatic hydroxyl groups is 1.